The Morgan fingerprint density at radius 3 is 2.11 bits per heavy atom. The fourth-order valence-corrected chi connectivity index (χ4v) is 0.916. The van der Waals surface area contributed by atoms with Crippen molar-refractivity contribution in [2.24, 2.45) is 0 Å². The molecule has 0 bridgehead atoms. The van der Waals surface area contributed by atoms with Gasteiger partial charge in [-0.05, 0) is 5.54 Å². The fourth-order valence-electron chi connectivity index (χ4n) is 0.460. The first kappa shape index (κ1) is 8.97. The SMILES string of the molecule is CC(CC(F)(F)F)[SiH2]O. The Morgan fingerprint density at radius 1 is 1.56 bits per heavy atom. The molecule has 0 spiro atoms. The predicted molar refractivity (Wildman–Crippen MR) is 30.9 cm³/mol. The van der Waals surface area contributed by atoms with Gasteiger partial charge in [-0.1, -0.05) is 6.92 Å². The molecule has 0 fully saturated rings. The number of alkyl halides is 3. The second-order valence-corrected chi connectivity index (χ2v) is 3.87. The highest BCUT2D eigenvalue weighted by molar-refractivity contribution is 6.27. The van der Waals surface area contributed by atoms with E-state index in [2.05, 4.69) is 0 Å². The average Bonchev–Trinajstić information content (AvgIpc) is 1.62. The Morgan fingerprint density at radius 2 is 2.00 bits per heavy atom. The quantitative estimate of drug-likeness (QED) is 0.590. The lowest BCUT2D eigenvalue weighted by molar-refractivity contribution is -0.134. The second kappa shape index (κ2) is 3.22. The highest BCUT2D eigenvalue weighted by Gasteiger charge is 2.29. The van der Waals surface area contributed by atoms with Crippen LogP contribution in [0.2, 0.25) is 5.54 Å². The van der Waals surface area contributed by atoms with Crippen LogP contribution in [0, 0.1) is 0 Å². The van der Waals surface area contributed by atoms with E-state index in [0.29, 0.717) is 0 Å². The number of rotatable bonds is 2. The third-order valence-electron chi connectivity index (χ3n) is 0.892. The van der Waals surface area contributed by atoms with Crippen molar-refractivity contribution in [2.45, 2.75) is 25.1 Å². The summed E-state index contributed by atoms with van der Waals surface area (Å²) in [5.41, 5.74) is -0.537. The summed E-state index contributed by atoms with van der Waals surface area (Å²) in [6, 6.07) is 0. The van der Waals surface area contributed by atoms with Crippen molar-refractivity contribution in [3.05, 3.63) is 0 Å². The van der Waals surface area contributed by atoms with Gasteiger partial charge in [-0.25, -0.2) is 0 Å². The Bertz CT molecular complexity index is 82.4. The van der Waals surface area contributed by atoms with Crippen molar-refractivity contribution in [2.75, 3.05) is 0 Å². The molecule has 9 heavy (non-hydrogen) atoms. The first-order valence-corrected chi connectivity index (χ1v) is 4.08. The normalized spacial score (nSPS) is 17.0. The van der Waals surface area contributed by atoms with E-state index in [1.54, 1.807) is 0 Å². The number of hydrogen-bond donors (Lipinski definition) is 1. The third kappa shape index (κ3) is 5.84. The minimum absolute atomic E-state index is 0.537. The van der Waals surface area contributed by atoms with Gasteiger partial charge in [0.1, 0.15) is 0 Å². The maximum Gasteiger partial charge on any atom is 0.389 e. The van der Waals surface area contributed by atoms with Crippen molar-refractivity contribution < 1.29 is 18.0 Å². The first-order valence-electron chi connectivity index (χ1n) is 2.63. The summed E-state index contributed by atoms with van der Waals surface area (Å²) >= 11 is 0. The third-order valence-corrected chi connectivity index (χ3v) is 1.80. The summed E-state index contributed by atoms with van der Waals surface area (Å²) in [7, 11) is -1.46. The molecule has 1 unspecified atom stereocenters. The van der Waals surface area contributed by atoms with Crippen LogP contribution in [0.15, 0.2) is 0 Å². The monoisotopic (exact) mass is 158 g/mol. The van der Waals surface area contributed by atoms with Crippen LogP contribution in [0.1, 0.15) is 13.3 Å². The lowest BCUT2D eigenvalue weighted by atomic mass is 10.3. The van der Waals surface area contributed by atoms with Crippen molar-refractivity contribution in [3.63, 3.8) is 0 Å². The van der Waals surface area contributed by atoms with E-state index in [-0.39, 0.29) is 0 Å². The highest BCUT2D eigenvalue weighted by atomic mass is 28.2. The van der Waals surface area contributed by atoms with Gasteiger partial charge in [0, 0.05) is 6.42 Å². The van der Waals surface area contributed by atoms with E-state index in [0.717, 1.165) is 0 Å². The molecule has 1 N–H and O–H groups in total. The van der Waals surface area contributed by atoms with Crippen LogP contribution in [0.4, 0.5) is 13.2 Å². The first-order chi connectivity index (χ1) is 3.95. The zero-order valence-electron chi connectivity index (χ0n) is 5.07. The standard InChI is InChI=1S/C4H9F3OSi/c1-3(9-8)2-4(5,6)7/h3,8H,2,9H2,1H3. The van der Waals surface area contributed by atoms with Crippen molar-refractivity contribution in [1.29, 1.82) is 0 Å². The topological polar surface area (TPSA) is 20.2 Å². The molecule has 56 valence electrons. The molecular formula is C4H9F3OSi. The van der Waals surface area contributed by atoms with Crippen molar-refractivity contribution in [1.82, 2.24) is 0 Å². The Hall–Kier alpha value is -0.0331. The average molecular weight is 158 g/mol. The molecule has 0 saturated heterocycles. The molecule has 0 aliphatic heterocycles. The highest BCUT2D eigenvalue weighted by Crippen LogP contribution is 2.26. The summed E-state index contributed by atoms with van der Waals surface area (Å²) in [6.45, 7) is 1.42. The van der Waals surface area contributed by atoms with E-state index in [1.807, 2.05) is 0 Å². The molecule has 5 heteroatoms. The summed E-state index contributed by atoms with van der Waals surface area (Å²) in [5, 5.41) is 0. The smallest absolute Gasteiger partial charge is 0.389 e. The van der Waals surface area contributed by atoms with Crippen LogP contribution >= 0.6 is 0 Å². The Kier molecular flexibility index (Phi) is 3.20. The van der Waals surface area contributed by atoms with Crippen LogP contribution in [0.25, 0.3) is 0 Å². The molecule has 0 radical (unpaired) electrons. The van der Waals surface area contributed by atoms with Crippen molar-refractivity contribution >= 4 is 9.76 Å². The number of halogens is 3. The molecule has 1 nitrogen and oxygen atoms in total. The molecule has 0 heterocycles. The zero-order valence-corrected chi connectivity index (χ0v) is 6.49. The number of hydrogen-bond acceptors (Lipinski definition) is 1. The van der Waals surface area contributed by atoms with E-state index in [1.165, 1.54) is 6.92 Å². The molecule has 0 aromatic carbocycles. The zero-order chi connectivity index (χ0) is 7.49. The van der Waals surface area contributed by atoms with Gasteiger partial charge >= 0.3 is 6.18 Å². The van der Waals surface area contributed by atoms with Crippen LogP contribution in [0.5, 0.6) is 0 Å². The molecule has 0 aliphatic rings. The van der Waals surface area contributed by atoms with Gasteiger partial charge in [0.15, 0.2) is 9.76 Å². The maximum absolute atomic E-state index is 11.4. The molecule has 0 aromatic rings. The van der Waals surface area contributed by atoms with E-state index in [9.17, 15) is 13.2 Å². The summed E-state index contributed by atoms with van der Waals surface area (Å²) < 4.78 is 34.2. The van der Waals surface area contributed by atoms with Gasteiger partial charge in [0.05, 0.1) is 0 Å². The van der Waals surface area contributed by atoms with E-state index < -0.39 is 27.9 Å². The molecular weight excluding hydrogens is 149 g/mol. The van der Waals surface area contributed by atoms with Crippen LogP contribution in [-0.4, -0.2) is 20.7 Å². The van der Waals surface area contributed by atoms with Gasteiger partial charge in [-0.3, -0.25) is 0 Å². The largest absolute Gasteiger partial charge is 0.438 e. The van der Waals surface area contributed by atoms with Gasteiger partial charge in [-0.15, -0.1) is 0 Å². The molecule has 0 rings (SSSR count). The Labute approximate surface area is 53.8 Å². The minimum atomic E-state index is -4.10. The summed E-state index contributed by atoms with van der Waals surface area (Å²) in [6.07, 6.45) is -4.94. The van der Waals surface area contributed by atoms with E-state index in [4.69, 9.17) is 4.80 Å². The fraction of sp³-hybridized carbons (Fsp3) is 1.00. The molecule has 0 amide bonds. The Balaban J connectivity index is 3.47. The van der Waals surface area contributed by atoms with Crippen LogP contribution < -0.4 is 0 Å². The van der Waals surface area contributed by atoms with Gasteiger partial charge in [0.25, 0.3) is 0 Å². The molecule has 0 aliphatic carbocycles. The van der Waals surface area contributed by atoms with E-state index >= 15 is 0 Å². The lowest BCUT2D eigenvalue weighted by Crippen LogP contribution is -2.13. The van der Waals surface area contributed by atoms with Crippen LogP contribution in [0.3, 0.4) is 0 Å². The molecule has 1 atom stereocenters. The second-order valence-electron chi connectivity index (χ2n) is 2.11. The van der Waals surface area contributed by atoms with Gasteiger partial charge in [-0.2, -0.15) is 13.2 Å². The van der Waals surface area contributed by atoms with Gasteiger partial charge in [0.2, 0.25) is 0 Å². The minimum Gasteiger partial charge on any atom is -0.438 e. The molecule has 0 saturated carbocycles. The van der Waals surface area contributed by atoms with Crippen molar-refractivity contribution in [3.8, 4) is 0 Å². The summed E-state index contributed by atoms with van der Waals surface area (Å²) in [5.74, 6) is 0. The predicted octanol–water partition coefficient (Wildman–Crippen LogP) is 0.823. The van der Waals surface area contributed by atoms with Gasteiger partial charge < -0.3 is 4.80 Å². The summed E-state index contributed by atoms with van der Waals surface area (Å²) in [4.78, 5) is 8.34. The van der Waals surface area contributed by atoms with Crippen LogP contribution in [-0.2, 0) is 0 Å². The maximum atomic E-state index is 11.4. The lowest BCUT2D eigenvalue weighted by Gasteiger charge is -2.09. The molecule has 0 aromatic heterocycles.